The number of hydrogen-bond donors (Lipinski definition) is 1. The molecule has 0 unspecified atom stereocenters. The van der Waals surface area contributed by atoms with Crippen molar-refractivity contribution in [2.24, 2.45) is 17.8 Å². The van der Waals surface area contributed by atoms with Gasteiger partial charge in [0.25, 0.3) is 0 Å². The molecule has 0 spiro atoms. The maximum absolute atomic E-state index is 9.00. The van der Waals surface area contributed by atoms with Gasteiger partial charge in [0.2, 0.25) is 0 Å². The summed E-state index contributed by atoms with van der Waals surface area (Å²) in [5, 5.41) is 9.00. The number of aliphatic hydroxyl groups excluding tert-OH is 1. The molecule has 0 saturated heterocycles. The molecule has 0 fully saturated rings. The molecule has 0 bridgehead atoms. The molecule has 0 aromatic carbocycles. The van der Waals surface area contributed by atoms with Gasteiger partial charge in [-0.3, -0.25) is 0 Å². The van der Waals surface area contributed by atoms with Crippen molar-refractivity contribution in [2.45, 2.75) is 60.0 Å². The molecule has 0 heterocycles. The summed E-state index contributed by atoms with van der Waals surface area (Å²) in [6.45, 7) is 14.0. The number of ether oxygens (including phenoxy) is 1. The van der Waals surface area contributed by atoms with Crippen LogP contribution in [0, 0.1) is 17.8 Å². The third-order valence-electron chi connectivity index (χ3n) is 2.72. The Hall–Kier alpha value is -0.0800. The molecule has 0 aliphatic heterocycles. The summed E-state index contributed by atoms with van der Waals surface area (Å²) in [7, 11) is 0. The zero-order chi connectivity index (χ0) is 12.8. The molecule has 0 aromatic heterocycles. The minimum Gasteiger partial charge on any atom is -0.396 e. The van der Waals surface area contributed by atoms with Gasteiger partial charge in [-0.2, -0.15) is 0 Å². The zero-order valence-electron chi connectivity index (χ0n) is 11.9. The number of hydrogen-bond acceptors (Lipinski definition) is 2. The monoisotopic (exact) mass is 230 g/mol. The van der Waals surface area contributed by atoms with Crippen molar-refractivity contribution < 1.29 is 9.84 Å². The largest absolute Gasteiger partial charge is 0.396 e. The third kappa shape index (κ3) is 9.17. The molecule has 1 N–H and O–H groups in total. The predicted molar refractivity (Wildman–Crippen MR) is 69.5 cm³/mol. The van der Waals surface area contributed by atoms with Crippen LogP contribution in [-0.2, 0) is 4.74 Å². The van der Waals surface area contributed by atoms with Crippen LogP contribution >= 0.6 is 0 Å². The first-order valence-electron chi connectivity index (χ1n) is 6.49. The molecule has 2 nitrogen and oxygen atoms in total. The average molecular weight is 230 g/mol. The van der Waals surface area contributed by atoms with E-state index in [2.05, 4.69) is 41.5 Å². The van der Waals surface area contributed by atoms with Gasteiger partial charge in [0.05, 0.1) is 5.60 Å². The highest BCUT2D eigenvalue weighted by Crippen LogP contribution is 2.21. The minimum atomic E-state index is -0.0319. The first-order valence-corrected chi connectivity index (χ1v) is 6.49. The standard InChI is InChI=1S/C14H30O2/c1-11(7-12(2)9-15)8-13(3)10-16-14(4,5)6/h11-13,15H,7-10H2,1-6H3/t11-,12+,13-/m0/s1. The van der Waals surface area contributed by atoms with E-state index in [-0.39, 0.29) is 5.60 Å². The molecule has 0 aliphatic rings. The topological polar surface area (TPSA) is 29.5 Å². The maximum atomic E-state index is 9.00. The Kier molecular flexibility index (Phi) is 7.25. The average Bonchev–Trinajstić information content (AvgIpc) is 2.13. The van der Waals surface area contributed by atoms with E-state index >= 15 is 0 Å². The van der Waals surface area contributed by atoms with Gasteiger partial charge in [-0.1, -0.05) is 20.8 Å². The SMILES string of the molecule is C[C@H](C[C@H](C)COC(C)(C)C)C[C@@H](C)CO. The fourth-order valence-corrected chi connectivity index (χ4v) is 2.00. The minimum absolute atomic E-state index is 0.0319. The van der Waals surface area contributed by atoms with Gasteiger partial charge in [0.1, 0.15) is 0 Å². The molecule has 2 heteroatoms. The van der Waals surface area contributed by atoms with E-state index in [4.69, 9.17) is 9.84 Å². The Morgan fingerprint density at radius 2 is 1.44 bits per heavy atom. The van der Waals surface area contributed by atoms with Crippen LogP contribution in [0.15, 0.2) is 0 Å². The molecule has 0 aromatic rings. The van der Waals surface area contributed by atoms with Gasteiger partial charge in [0, 0.05) is 13.2 Å². The maximum Gasteiger partial charge on any atom is 0.0598 e. The van der Waals surface area contributed by atoms with Crippen LogP contribution in [0.5, 0.6) is 0 Å². The molecular formula is C14H30O2. The molecule has 3 atom stereocenters. The molecule has 16 heavy (non-hydrogen) atoms. The summed E-state index contributed by atoms with van der Waals surface area (Å²) in [6.07, 6.45) is 2.29. The van der Waals surface area contributed by atoms with Crippen molar-refractivity contribution in [2.75, 3.05) is 13.2 Å². The smallest absolute Gasteiger partial charge is 0.0598 e. The highest BCUT2D eigenvalue weighted by atomic mass is 16.5. The van der Waals surface area contributed by atoms with Crippen molar-refractivity contribution in [3.05, 3.63) is 0 Å². The van der Waals surface area contributed by atoms with Crippen LogP contribution in [0.25, 0.3) is 0 Å². The quantitative estimate of drug-likeness (QED) is 0.725. The Labute approximate surface area is 101 Å². The highest BCUT2D eigenvalue weighted by Gasteiger charge is 2.15. The summed E-state index contributed by atoms with van der Waals surface area (Å²) in [5.74, 6) is 1.69. The second kappa shape index (κ2) is 7.29. The van der Waals surface area contributed by atoms with Gasteiger partial charge in [-0.05, 0) is 51.4 Å². The van der Waals surface area contributed by atoms with Crippen molar-refractivity contribution in [3.63, 3.8) is 0 Å². The van der Waals surface area contributed by atoms with Crippen LogP contribution in [0.1, 0.15) is 54.4 Å². The fourth-order valence-electron chi connectivity index (χ4n) is 2.00. The summed E-state index contributed by atoms with van der Waals surface area (Å²) >= 11 is 0. The third-order valence-corrected chi connectivity index (χ3v) is 2.72. The van der Waals surface area contributed by atoms with E-state index in [1.807, 2.05) is 0 Å². The zero-order valence-corrected chi connectivity index (χ0v) is 11.9. The Morgan fingerprint density at radius 3 is 1.88 bits per heavy atom. The summed E-state index contributed by atoms with van der Waals surface area (Å²) in [5.41, 5.74) is -0.0319. The van der Waals surface area contributed by atoms with Gasteiger partial charge in [-0.15, -0.1) is 0 Å². The van der Waals surface area contributed by atoms with Gasteiger partial charge < -0.3 is 9.84 Å². The fraction of sp³-hybridized carbons (Fsp3) is 1.00. The normalized spacial score (nSPS) is 18.2. The van der Waals surface area contributed by atoms with E-state index in [1.54, 1.807) is 0 Å². The molecular weight excluding hydrogens is 200 g/mol. The van der Waals surface area contributed by atoms with Crippen molar-refractivity contribution in [3.8, 4) is 0 Å². The first-order chi connectivity index (χ1) is 7.24. The lowest BCUT2D eigenvalue weighted by atomic mass is 9.90. The van der Waals surface area contributed by atoms with Crippen molar-refractivity contribution in [1.29, 1.82) is 0 Å². The van der Waals surface area contributed by atoms with Crippen LogP contribution in [0.2, 0.25) is 0 Å². The molecule has 98 valence electrons. The van der Waals surface area contributed by atoms with Gasteiger partial charge in [0.15, 0.2) is 0 Å². The van der Waals surface area contributed by atoms with Crippen LogP contribution in [-0.4, -0.2) is 23.9 Å². The van der Waals surface area contributed by atoms with Crippen molar-refractivity contribution >= 4 is 0 Å². The Bertz CT molecular complexity index is 172. The Balaban J connectivity index is 3.74. The summed E-state index contributed by atoms with van der Waals surface area (Å²) < 4.78 is 5.77. The number of rotatable bonds is 7. The lowest BCUT2D eigenvalue weighted by Crippen LogP contribution is -2.23. The van der Waals surface area contributed by atoms with E-state index in [9.17, 15) is 0 Å². The van der Waals surface area contributed by atoms with Crippen molar-refractivity contribution in [1.82, 2.24) is 0 Å². The first kappa shape index (κ1) is 15.9. The number of aliphatic hydroxyl groups is 1. The second-order valence-corrected chi connectivity index (χ2v) is 6.39. The van der Waals surface area contributed by atoms with E-state index in [0.29, 0.717) is 24.4 Å². The summed E-state index contributed by atoms with van der Waals surface area (Å²) in [4.78, 5) is 0. The van der Waals surface area contributed by atoms with Crippen LogP contribution < -0.4 is 0 Å². The predicted octanol–water partition coefficient (Wildman–Crippen LogP) is 3.48. The molecule has 0 amide bonds. The van der Waals surface area contributed by atoms with E-state index in [1.165, 1.54) is 6.42 Å². The van der Waals surface area contributed by atoms with Crippen LogP contribution in [0.3, 0.4) is 0 Å². The van der Waals surface area contributed by atoms with Gasteiger partial charge in [-0.25, -0.2) is 0 Å². The Morgan fingerprint density at radius 1 is 0.938 bits per heavy atom. The highest BCUT2D eigenvalue weighted by molar-refractivity contribution is 4.65. The summed E-state index contributed by atoms with van der Waals surface area (Å²) in [6, 6.07) is 0. The van der Waals surface area contributed by atoms with E-state index in [0.717, 1.165) is 13.0 Å². The van der Waals surface area contributed by atoms with Crippen LogP contribution in [0.4, 0.5) is 0 Å². The van der Waals surface area contributed by atoms with E-state index < -0.39 is 0 Å². The second-order valence-electron chi connectivity index (χ2n) is 6.39. The van der Waals surface area contributed by atoms with Gasteiger partial charge >= 0.3 is 0 Å². The lowest BCUT2D eigenvalue weighted by Gasteiger charge is -2.24. The molecule has 0 saturated carbocycles. The molecule has 0 radical (unpaired) electrons. The lowest BCUT2D eigenvalue weighted by molar-refractivity contribution is -0.0230. The molecule has 0 rings (SSSR count). The molecule has 0 aliphatic carbocycles.